The van der Waals surface area contributed by atoms with Crippen molar-refractivity contribution in [1.82, 2.24) is 20.9 Å². The third-order valence-electron chi connectivity index (χ3n) is 5.48. The summed E-state index contributed by atoms with van der Waals surface area (Å²) in [7, 11) is 0. The van der Waals surface area contributed by atoms with Crippen LogP contribution in [0.2, 0.25) is 0 Å². The van der Waals surface area contributed by atoms with Crippen molar-refractivity contribution in [1.29, 1.82) is 0 Å². The van der Waals surface area contributed by atoms with E-state index in [4.69, 9.17) is 0 Å². The highest BCUT2D eigenvalue weighted by Crippen LogP contribution is 2.28. The molecule has 1 aromatic rings. The normalized spacial score (nSPS) is 27.8. The number of amides is 3. The Morgan fingerprint density at radius 3 is 2.85 bits per heavy atom. The third-order valence-corrected chi connectivity index (χ3v) is 5.48. The zero-order valence-corrected chi connectivity index (χ0v) is 15.0. The summed E-state index contributed by atoms with van der Waals surface area (Å²) in [6.07, 6.45) is 0.368. The van der Waals surface area contributed by atoms with E-state index in [2.05, 4.69) is 16.0 Å². The van der Waals surface area contributed by atoms with E-state index in [9.17, 15) is 18.8 Å². The molecule has 0 saturated carbocycles. The molecule has 3 N–H and O–H groups in total. The Morgan fingerprint density at radius 2 is 2.11 bits per heavy atom. The van der Waals surface area contributed by atoms with Gasteiger partial charge in [-0.1, -0.05) is 12.1 Å². The van der Waals surface area contributed by atoms with Gasteiger partial charge in [0.1, 0.15) is 12.2 Å². The van der Waals surface area contributed by atoms with Gasteiger partial charge in [-0.15, -0.1) is 0 Å². The highest BCUT2D eigenvalue weighted by Gasteiger charge is 2.39. The summed E-state index contributed by atoms with van der Waals surface area (Å²) in [5.41, 5.74) is 2.48. The number of alkyl halides is 1. The number of imide groups is 1. The minimum absolute atomic E-state index is 0.138. The molecule has 2 fully saturated rings. The molecule has 8 heteroatoms. The highest BCUT2D eigenvalue weighted by molar-refractivity contribution is 6.05. The van der Waals surface area contributed by atoms with Crippen molar-refractivity contribution in [3.05, 3.63) is 34.9 Å². The SMILES string of the molecule is O=C1CCC(N2Cc3ccc(CNC[C@@H]4C[C@@H](F)CN4)cc3C2=O)C(=O)N1. The molecule has 3 aliphatic heterocycles. The van der Waals surface area contributed by atoms with Gasteiger partial charge in [0.25, 0.3) is 5.91 Å². The smallest absolute Gasteiger partial charge is 0.255 e. The van der Waals surface area contributed by atoms with Crippen LogP contribution in [0.3, 0.4) is 0 Å². The first-order valence-electron chi connectivity index (χ1n) is 9.36. The van der Waals surface area contributed by atoms with Gasteiger partial charge in [0, 0.05) is 44.2 Å². The monoisotopic (exact) mass is 374 g/mol. The Hall–Kier alpha value is -2.32. The summed E-state index contributed by atoms with van der Waals surface area (Å²) in [5.74, 6) is -0.854. The molecule has 144 valence electrons. The molecule has 0 aromatic heterocycles. The minimum atomic E-state index is -0.771. The maximum atomic E-state index is 13.2. The fourth-order valence-corrected chi connectivity index (χ4v) is 4.03. The maximum absolute atomic E-state index is 13.2. The van der Waals surface area contributed by atoms with Crippen molar-refractivity contribution in [3.63, 3.8) is 0 Å². The van der Waals surface area contributed by atoms with Gasteiger partial charge < -0.3 is 15.5 Å². The molecule has 3 aliphatic rings. The minimum Gasteiger partial charge on any atom is -0.322 e. The number of carbonyl (C=O) groups excluding carboxylic acids is 3. The second-order valence-corrected chi connectivity index (χ2v) is 7.46. The molecule has 0 bridgehead atoms. The number of fused-ring (bicyclic) bond motifs is 1. The first kappa shape index (κ1) is 18.1. The van der Waals surface area contributed by atoms with E-state index in [1.807, 2.05) is 18.2 Å². The van der Waals surface area contributed by atoms with Crippen molar-refractivity contribution in [2.75, 3.05) is 13.1 Å². The van der Waals surface area contributed by atoms with Crippen LogP contribution in [0.1, 0.15) is 40.7 Å². The van der Waals surface area contributed by atoms with Gasteiger partial charge in [-0.3, -0.25) is 19.7 Å². The van der Waals surface area contributed by atoms with E-state index in [-0.39, 0.29) is 24.3 Å². The number of hydrogen-bond donors (Lipinski definition) is 3. The molecule has 2 saturated heterocycles. The Labute approximate surface area is 156 Å². The molecule has 3 amide bonds. The number of benzene rings is 1. The van der Waals surface area contributed by atoms with E-state index in [0.717, 1.165) is 11.1 Å². The van der Waals surface area contributed by atoms with E-state index in [1.165, 1.54) is 0 Å². The van der Waals surface area contributed by atoms with Crippen molar-refractivity contribution < 1.29 is 18.8 Å². The molecule has 0 aliphatic carbocycles. The zero-order chi connectivity index (χ0) is 19.0. The standard InChI is InChI=1S/C19H23FN4O3/c20-13-6-14(22-8-13)9-21-7-11-1-2-12-10-24(19(27)15(12)5-11)16-3-4-17(25)23-18(16)26/h1-2,5,13-14,16,21-22H,3-4,6-10H2,(H,23,25,26)/t13-,14+,16?/m1/s1. The van der Waals surface area contributed by atoms with Crippen LogP contribution < -0.4 is 16.0 Å². The van der Waals surface area contributed by atoms with Gasteiger partial charge >= 0.3 is 0 Å². The van der Waals surface area contributed by atoms with Crippen LogP contribution in [0.4, 0.5) is 4.39 Å². The van der Waals surface area contributed by atoms with Gasteiger partial charge in [0.15, 0.2) is 0 Å². The van der Waals surface area contributed by atoms with Gasteiger partial charge in [-0.25, -0.2) is 4.39 Å². The molecular weight excluding hydrogens is 351 g/mol. The van der Waals surface area contributed by atoms with Crippen LogP contribution >= 0.6 is 0 Å². The van der Waals surface area contributed by atoms with Gasteiger partial charge in [0.05, 0.1) is 0 Å². The molecule has 1 unspecified atom stereocenters. The first-order chi connectivity index (χ1) is 13.0. The largest absolute Gasteiger partial charge is 0.322 e. The lowest BCUT2D eigenvalue weighted by atomic mass is 10.0. The number of rotatable bonds is 5. The second-order valence-electron chi connectivity index (χ2n) is 7.46. The second kappa shape index (κ2) is 7.36. The average Bonchev–Trinajstić information content (AvgIpc) is 3.19. The first-order valence-corrected chi connectivity index (χ1v) is 9.36. The maximum Gasteiger partial charge on any atom is 0.255 e. The van der Waals surface area contributed by atoms with Gasteiger partial charge in [0.2, 0.25) is 11.8 Å². The molecule has 0 radical (unpaired) electrons. The van der Waals surface area contributed by atoms with E-state index >= 15 is 0 Å². The summed E-state index contributed by atoms with van der Waals surface area (Å²) < 4.78 is 13.2. The molecule has 7 nitrogen and oxygen atoms in total. The Bertz CT molecular complexity index is 784. The van der Waals surface area contributed by atoms with E-state index in [0.29, 0.717) is 44.6 Å². The number of piperidine rings is 1. The Balaban J connectivity index is 1.38. The van der Waals surface area contributed by atoms with Gasteiger partial charge in [-0.05, 0) is 30.0 Å². The van der Waals surface area contributed by atoms with Crippen molar-refractivity contribution in [3.8, 4) is 0 Å². The quantitative estimate of drug-likeness (QED) is 0.643. The molecule has 0 spiro atoms. The van der Waals surface area contributed by atoms with Crippen LogP contribution in [0.5, 0.6) is 0 Å². The fourth-order valence-electron chi connectivity index (χ4n) is 4.03. The molecule has 3 heterocycles. The lowest BCUT2D eigenvalue weighted by Gasteiger charge is -2.29. The van der Waals surface area contributed by atoms with Crippen LogP contribution in [0.15, 0.2) is 18.2 Å². The molecular formula is C19H23FN4O3. The van der Waals surface area contributed by atoms with Crippen LogP contribution in [0.25, 0.3) is 0 Å². The topological polar surface area (TPSA) is 90.5 Å². The fraction of sp³-hybridized carbons (Fsp3) is 0.526. The van der Waals surface area contributed by atoms with Crippen LogP contribution in [-0.4, -0.2) is 54.0 Å². The van der Waals surface area contributed by atoms with E-state index < -0.39 is 18.1 Å². The van der Waals surface area contributed by atoms with Crippen molar-refractivity contribution in [2.45, 2.75) is 50.6 Å². The predicted molar refractivity (Wildman–Crippen MR) is 95.5 cm³/mol. The van der Waals surface area contributed by atoms with Gasteiger partial charge in [-0.2, -0.15) is 0 Å². The lowest BCUT2D eigenvalue weighted by Crippen LogP contribution is -2.52. The number of nitrogens with one attached hydrogen (secondary N) is 3. The summed E-state index contributed by atoms with van der Waals surface area (Å²) in [5, 5.41) is 8.74. The number of halogens is 1. The molecule has 4 rings (SSSR count). The average molecular weight is 374 g/mol. The third kappa shape index (κ3) is 3.72. The zero-order valence-electron chi connectivity index (χ0n) is 15.0. The molecule has 1 aromatic carbocycles. The summed E-state index contributed by atoms with van der Waals surface area (Å²) >= 11 is 0. The predicted octanol–water partition coefficient (Wildman–Crippen LogP) is 0.237. The number of hydrogen-bond acceptors (Lipinski definition) is 5. The Morgan fingerprint density at radius 1 is 1.26 bits per heavy atom. The lowest BCUT2D eigenvalue weighted by molar-refractivity contribution is -0.136. The highest BCUT2D eigenvalue weighted by atomic mass is 19.1. The van der Waals surface area contributed by atoms with Crippen molar-refractivity contribution in [2.24, 2.45) is 0 Å². The van der Waals surface area contributed by atoms with Crippen molar-refractivity contribution >= 4 is 17.7 Å². The summed E-state index contributed by atoms with van der Waals surface area (Å²) in [6.45, 7) is 2.07. The number of nitrogens with zero attached hydrogens (tertiary/aromatic N) is 1. The van der Waals surface area contributed by atoms with Crippen LogP contribution in [-0.2, 0) is 22.7 Å². The molecule has 27 heavy (non-hydrogen) atoms. The summed E-state index contributed by atoms with van der Waals surface area (Å²) in [4.78, 5) is 37.7. The Kier molecular flexibility index (Phi) is 4.92. The number of carbonyl (C=O) groups is 3. The summed E-state index contributed by atoms with van der Waals surface area (Å²) in [6, 6.07) is 5.29. The van der Waals surface area contributed by atoms with Crippen LogP contribution in [0, 0.1) is 0 Å². The molecule has 3 atom stereocenters. The van der Waals surface area contributed by atoms with E-state index in [1.54, 1.807) is 4.90 Å².